The van der Waals surface area contributed by atoms with E-state index in [0.29, 0.717) is 0 Å². The number of nitrogens with one attached hydrogen (secondary N) is 1. The maximum atomic E-state index is 13.5. The molecule has 0 saturated carbocycles. The molecule has 3 atom stereocenters. The first-order chi connectivity index (χ1) is 18.2. The molecule has 2 aromatic carbocycles. The number of rotatable bonds is 9. The zero-order valence-corrected chi connectivity index (χ0v) is 22.6. The number of alkyl halides is 3. The number of amides is 2. The van der Waals surface area contributed by atoms with Gasteiger partial charge in [-0.15, -0.1) is 0 Å². The minimum Gasteiger partial charge on any atom is -0.488 e. The van der Waals surface area contributed by atoms with Crippen LogP contribution in [0.2, 0.25) is 0 Å². The van der Waals surface area contributed by atoms with Gasteiger partial charge in [0.15, 0.2) is 0 Å². The summed E-state index contributed by atoms with van der Waals surface area (Å²) in [4.78, 5) is 27.1. The second kappa shape index (κ2) is 12.3. The van der Waals surface area contributed by atoms with Crippen molar-refractivity contribution in [1.29, 1.82) is 0 Å². The molecule has 214 valence electrons. The maximum Gasteiger partial charge on any atom is 0.389 e. The molecule has 0 bridgehead atoms. The Kier molecular flexibility index (Phi) is 9.62. The lowest BCUT2D eigenvalue weighted by Gasteiger charge is -2.38. The van der Waals surface area contributed by atoms with E-state index < -0.39 is 53.0 Å². The van der Waals surface area contributed by atoms with E-state index in [4.69, 9.17) is 4.74 Å². The first-order valence-corrected chi connectivity index (χ1v) is 13.8. The van der Waals surface area contributed by atoms with Crippen LogP contribution in [0.3, 0.4) is 0 Å². The van der Waals surface area contributed by atoms with Crippen molar-refractivity contribution in [3.05, 3.63) is 54.1 Å². The van der Waals surface area contributed by atoms with E-state index in [9.17, 15) is 36.3 Å². The molecule has 2 N–H and O–H groups in total. The van der Waals surface area contributed by atoms with Crippen LogP contribution in [0.4, 0.5) is 18.9 Å². The second-order valence-corrected chi connectivity index (χ2v) is 11.6. The molecule has 0 aromatic heterocycles. The molecule has 0 radical (unpaired) electrons. The summed E-state index contributed by atoms with van der Waals surface area (Å²) < 4.78 is 71.0. The number of carbonyl (C=O) groups is 2. The number of aliphatic hydroxyl groups is 1. The molecule has 39 heavy (non-hydrogen) atoms. The lowest BCUT2D eigenvalue weighted by atomic mass is 9.99. The summed E-state index contributed by atoms with van der Waals surface area (Å²) in [5.41, 5.74) is 0.123. The first kappa shape index (κ1) is 30.4. The third-order valence-electron chi connectivity index (χ3n) is 6.47. The molecule has 1 heterocycles. The molecule has 2 amide bonds. The zero-order chi connectivity index (χ0) is 29.0. The Bertz CT molecular complexity index is 1270. The van der Waals surface area contributed by atoms with Gasteiger partial charge in [-0.1, -0.05) is 25.1 Å². The van der Waals surface area contributed by atoms with E-state index in [1.807, 2.05) is 0 Å². The standard InChI is InChI=1S/C26H32F3N3O6S/c1-17-14-32(18(2)16-33)25(35)21-13-19(30-24(34)11-12-26(27,28)29)9-10-22(21)38-23(17)15-31(3)39(36,37)20-7-5-4-6-8-20/h4-10,13,17-18,23,33H,11-12,14-16H2,1-3H3,(H,30,34)/t17-,18-,23-/m1/s1. The zero-order valence-electron chi connectivity index (χ0n) is 21.8. The van der Waals surface area contributed by atoms with Crippen molar-refractivity contribution in [2.24, 2.45) is 5.92 Å². The highest BCUT2D eigenvalue weighted by Gasteiger charge is 2.35. The minimum absolute atomic E-state index is 0.0226. The van der Waals surface area contributed by atoms with Crippen molar-refractivity contribution in [2.45, 2.75) is 49.9 Å². The van der Waals surface area contributed by atoms with Gasteiger partial charge < -0.3 is 20.1 Å². The van der Waals surface area contributed by atoms with Crippen LogP contribution in [0, 0.1) is 5.92 Å². The molecule has 0 unspecified atom stereocenters. The number of ether oxygens (including phenoxy) is 1. The number of benzene rings is 2. The molecule has 2 aromatic rings. The van der Waals surface area contributed by atoms with Crippen LogP contribution in [0.1, 0.15) is 37.0 Å². The van der Waals surface area contributed by atoms with Crippen LogP contribution in [-0.4, -0.2) is 79.6 Å². The van der Waals surface area contributed by atoms with Gasteiger partial charge in [0.1, 0.15) is 11.9 Å². The summed E-state index contributed by atoms with van der Waals surface area (Å²) in [5, 5.41) is 12.1. The number of hydrogen-bond donors (Lipinski definition) is 2. The number of halogens is 3. The molecule has 1 aliphatic rings. The third kappa shape index (κ3) is 7.70. The molecule has 3 rings (SSSR count). The Morgan fingerprint density at radius 3 is 2.51 bits per heavy atom. The van der Waals surface area contributed by atoms with Crippen LogP contribution in [0.5, 0.6) is 5.75 Å². The molecule has 9 nitrogen and oxygen atoms in total. The van der Waals surface area contributed by atoms with Crippen molar-refractivity contribution in [1.82, 2.24) is 9.21 Å². The molecule has 0 spiro atoms. The normalized spacial score (nSPS) is 19.1. The summed E-state index contributed by atoms with van der Waals surface area (Å²) in [7, 11) is -2.41. The van der Waals surface area contributed by atoms with Crippen molar-refractivity contribution >= 4 is 27.5 Å². The average Bonchev–Trinajstić information content (AvgIpc) is 2.89. The summed E-state index contributed by atoms with van der Waals surface area (Å²) in [5.74, 6) is -1.61. The highest BCUT2D eigenvalue weighted by atomic mass is 32.2. The average molecular weight is 572 g/mol. The molecular formula is C26H32F3N3O6S. The van der Waals surface area contributed by atoms with Crippen LogP contribution in [0.25, 0.3) is 0 Å². The van der Waals surface area contributed by atoms with E-state index in [0.717, 1.165) is 0 Å². The number of aliphatic hydroxyl groups excluding tert-OH is 1. The summed E-state index contributed by atoms with van der Waals surface area (Å²) in [6.45, 7) is 3.19. The van der Waals surface area contributed by atoms with Crippen molar-refractivity contribution in [2.75, 3.05) is 32.1 Å². The predicted molar refractivity (Wildman–Crippen MR) is 138 cm³/mol. The van der Waals surface area contributed by atoms with Crippen LogP contribution in [0.15, 0.2) is 53.4 Å². The molecule has 13 heteroatoms. The van der Waals surface area contributed by atoms with E-state index >= 15 is 0 Å². The van der Waals surface area contributed by atoms with Gasteiger partial charge in [-0.2, -0.15) is 17.5 Å². The number of sulfonamides is 1. The lowest BCUT2D eigenvalue weighted by molar-refractivity contribution is -0.142. The lowest BCUT2D eigenvalue weighted by Crippen LogP contribution is -2.50. The van der Waals surface area contributed by atoms with Crippen LogP contribution < -0.4 is 10.1 Å². The van der Waals surface area contributed by atoms with Gasteiger partial charge in [-0.25, -0.2) is 8.42 Å². The van der Waals surface area contributed by atoms with Gasteiger partial charge in [0.25, 0.3) is 5.91 Å². The molecule has 0 fully saturated rings. The number of fused-ring (bicyclic) bond motifs is 1. The quantitative estimate of drug-likeness (QED) is 0.476. The number of hydrogen-bond acceptors (Lipinski definition) is 6. The smallest absolute Gasteiger partial charge is 0.389 e. The minimum atomic E-state index is -4.49. The van der Waals surface area contributed by atoms with Crippen LogP contribution in [-0.2, 0) is 14.8 Å². The molecular weight excluding hydrogens is 539 g/mol. The Hall–Kier alpha value is -3.16. The SMILES string of the molecule is C[C@@H]1CN([C@H](C)CO)C(=O)c2cc(NC(=O)CCC(F)(F)F)ccc2O[C@@H]1CN(C)S(=O)(=O)c1ccccc1. The molecule has 1 aliphatic heterocycles. The fraction of sp³-hybridized carbons (Fsp3) is 0.462. The Balaban J connectivity index is 1.91. The van der Waals surface area contributed by atoms with Crippen LogP contribution >= 0.6 is 0 Å². The van der Waals surface area contributed by atoms with Gasteiger partial charge in [-0.05, 0) is 37.3 Å². The summed E-state index contributed by atoms with van der Waals surface area (Å²) in [6, 6.07) is 11.4. The number of anilines is 1. The maximum absolute atomic E-state index is 13.5. The third-order valence-corrected chi connectivity index (χ3v) is 8.31. The fourth-order valence-corrected chi connectivity index (χ4v) is 5.33. The van der Waals surface area contributed by atoms with E-state index in [-0.39, 0.29) is 47.5 Å². The highest BCUT2D eigenvalue weighted by Crippen LogP contribution is 2.31. The molecule has 0 aliphatic carbocycles. The Morgan fingerprint density at radius 2 is 1.90 bits per heavy atom. The topological polar surface area (TPSA) is 116 Å². The van der Waals surface area contributed by atoms with E-state index in [1.165, 1.54) is 46.6 Å². The summed E-state index contributed by atoms with van der Waals surface area (Å²) in [6.07, 6.45) is -7.26. The Morgan fingerprint density at radius 1 is 1.23 bits per heavy atom. The highest BCUT2D eigenvalue weighted by molar-refractivity contribution is 7.89. The Labute approximate surface area is 225 Å². The van der Waals surface area contributed by atoms with Gasteiger partial charge in [0.2, 0.25) is 15.9 Å². The van der Waals surface area contributed by atoms with E-state index in [1.54, 1.807) is 32.0 Å². The second-order valence-electron chi connectivity index (χ2n) is 9.60. The first-order valence-electron chi connectivity index (χ1n) is 12.3. The molecule has 0 saturated heterocycles. The van der Waals surface area contributed by atoms with Gasteiger partial charge >= 0.3 is 6.18 Å². The largest absolute Gasteiger partial charge is 0.488 e. The van der Waals surface area contributed by atoms with Gasteiger partial charge in [0, 0.05) is 31.6 Å². The predicted octanol–water partition coefficient (Wildman–Crippen LogP) is 3.51. The van der Waals surface area contributed by atoms with Crippen molar-refractivity contribution in [3.8, 4) is 5.75 Å². The number of likely N-dealkylation sites (N-methyl/N-ethyl adjacent to an activating group) is 1. The van der Waals surface area contributed by atoms with Crippen molar-refractivity contribution in [3.63, 3.8) is 0 Å². The fourth-order valence-electron chi connectivity index (χ4n) is 4.12. The van der Waals surface area contributed by atoms with Gasteiger partial charge in [0.05, 0.1) is 36.1 Å². The van der Waals surface area contributed by atoms with Crippen molar-refractivity contribution < 1.29 is 41.0 Å². The van der Waals surface area contributed by atoms with Gasteiger partial charge in [-0.3, -0.25) is 9.59 Å². The summed E-state index contributed by atoms with van der Waals surface area (Å²) >= 11 is 0. The monoisotopic (exact) mass is 571 g/mol. The number of carbonyl (C=O) groups excluding carboxylic acids is 2. The van der Waals surface area contributed by atoms with E-state index in [2.05, 4.69) is 5.32 Å². The number of nitrogens with zero attached hydrogens (tertiary/aromatic N) is 2.